The van der Waals surface area contributed by atoms with E-state index in [2.05, 4.69) is 9.68 Å². The molecule has 0 aromatic rings. The summed E-state index contributed by atoms with van der Waals surface area (Å²) in [7, 11) is 1.58. The molecule has 6 nitrogen and oxygen atoms in total. The third kappa shape index (κ3) is 2.18. The molecular formula is C4H9N3O3-2. The van der Waals surface area contributed by atoms with E-state index in [0.29, 0.717) is 6.54 Å². The molecule has 1 aliphatic heterocycles. The van der Waals surface area contributed by atoms with Crippen molar-refractivity contribution in [2.24, 2.45) is 0 Å². The lowest BCUT2D eigenvalue weighted by Crippen LogP contribution is -2.26. The fourth-order valence-electron chi connectivity index (χ4n) is 0.718. The largest absolute Gasteiger partial charge is 0.738 e. The van der Waals surface area contributed by atoms with Crippen LogP contribution in [0.2, 0.25) is 0 Å². The molecule has 0 bridgehead atoms. The Kier molecular flexibility index (Phi) is 2.55. The fourth-order valence-corrected chi connectivity index (χ4v) is 0.718. The Morgan fingerprint density at radius 2 is 2.60 bits per heavy atom. The van der Waals surface area contributed by atoms with Gasteiger partial charge in [0.05, 0.1) is 6.61 Å². The van der Waals surface area contributed by atoms with Gasteiger partial charge in [-0.25, -0.2) is 0 Å². The molecule has 1 fully saturated rings. The van der Waals surface area contributed by atoms with Gasteiger partial charge in [-0.15, -0.1) is 5.39 Å². The zero-order valence-electron chi connectivity index (χ0n) is 5.61. The number of likely N-dealkylation sites (N-methyl/N-ethyl adjacent to an activating group) is 1. The first kappa shape index (κ1) is 7.86. The first-order valence-electron chi connectivity index (χ1n) is 2.88. The molecule has 0 aliphatic carbocycles. The van der Waals surface area contributed by atoms with Gasteiger partial charge in [0.25, 0.3) is 0 Å². The van der Waals surface area contributed by atoms with Crippen LogP contribution in [0.25, 0.3) is 5.84 Å². The van der Waals surface area contributed by atoms with Gasteiger partial charge in [0, 0.05) is 6.54 Å². The van der Waals surface area contributed by atoms with E-state index in [-0.39, 0.29) is 18.1 Å². The van der Waals surface area contributed by atoms with Crippen molar-refractivity contribution in [3.63, 3.8) is 0 Å². The highest BCUT2D eigenvalue weighted by Crippen LogP contribution is 2.08. The van der Waals surface area contributed by atoms with Crippen molar-refractivity contribution < 1.29 is 9.68 Å². The van der Waals surface area contributed by atoms with Gasteiger partial charge in [0.15, 0.2) is 0 Å². The van der Waals surface area contributed by atoms with Gasteiger partial charge in [-0.3, -0.25) is 9.68 Å². The zero-order valence-corrected chi connectivity index (χ0v) is 5.61. The molecule has 0 aromatic carbocycles. The van der Waals surface area contributed by atoms with E-state index in [1.165, 1.54) is 5.01 Å². The molecule has 1 rings (SSSR count). The lowest BCUT2D eigenvalue weighted by Gasteiger charge is -2.23. The highest BCUT2D eigenvalue weighted by molar-refractivity contribution is 4.63. The highest BCUT2D eigenvalue weighted by atomic mass is 17.1. The maximum Gasteiger partial charge on any atom is 0.117 e. The smallest absolute Gasteiger partial charge is 0.117 e. The minimum Gasteiger partial charge on any atom is -0.738 e. The van der Waals surface area contributed by atoms with Crippen molar-refractivity contribution in [3.8, 4) is 0 Å². The van der Waals surface area contributed by atoms with Crippen molar-refractivity contribution >= 4 is 0 Å². The first-order valence-corrected chi connectivity index (χ1v) is 2.88. The van der Waals surface area contributed by atoms with Crippen molar-refractivity contribution in [2.75, 3.05) is 20.2 Å². The molecule has 60 valence electrons. The van der Waals surface area contributed by atoms with E-state index < -0.39 is 0 Å². The summed E-state index contributed by atoms with van der Waals surface area (Å²) >= 11 is 0. The van der Waals surface area contributed by atoms with Crippen molar-refractivity contribution in [3.05, 3.63) is 11.0 Å². The molecule has 1 heterocycles. The van der Waals surface area contributed by atoms with E-state index in [4.69, 9.17) is 5.84 Å². The molecule has 1 atom stereocenters. The Morgan fingerprint density at radius 3 is 3.00 bits per heavy atom. The molecule has 1 unspecified atom stereocenters. The Balaban J connectivity index is 2.18. The first-order chi connectivity index (χ1) is 4.68. The Bertz CT molecular complexity index is 110. The Hall–Kier alpha value is -0.240. The van der Waals surface area contributed by atoms with Gasteiger partial charge in [-0.05, 0) is 7.05 Å². The van der Waals surface area contributed by atoms with Crippen LogP contribution in [0.5, 0.6) is 0 Å². The molecular weight excluding hydrogens is 138 g/mol. The number of nitrogens with one attached hydrogen (secondary N) is 1. The monoisotopic (exact) mass is 147 g/mol. The number of rotatable bonds is 2. The summed E-state index contributed by atoms with van der Waals surface area (Å²) in [6.45, 7) is 0.603. The summed E-state index contributed by atoms with van der Waals surface area (Å²) < 4.78 is 0. The van der Waals surface area contributed by atoms with Gasteiger partial charge in [0.2, 0.25) is 0 Å². The highest BCUT2D eigenvalue weighted by Gasteiger charge is 2.17. The minimum absolute atomic E-state index is 0.0775. The Labute approximate surface area is 58.5 Å². The van der Waals surface area contributed by atoms with Crippen molar-refractivity contribution in [1.29, 1.82) is 0 Å². The second kappa shape index (κ2) is 3.24. The quantitative estimate of drug-likeness (QED) is 0.511. The number of hydrogen-bond donors (Lipinski definition) is 0. The minimum atomic E-state index is -0.306. The SMILES string of the molecule is CN([NH-])CC1CON([O-])O1. The Morgan fingerprint density at radius 1 is 1.90 bits per heavy atom. The molecule has 0 aromatic heterocycles. The molecule has 0 amide bonds. The van der Waals surface area contributed by atoms with Gasteiger partial charge < -0.3 is 16.1 Å². The summed E-state index contributed by atoms with van der Waals surface area (Å²) in [4.78, 5) is 8.98. The van der Waals surface area contributed by atoms with Crippen LogP contribution in [0, 0.1) is 5.21 Å². The molecule has 0 radical (unpaired) electrons. The second-order valence-corrected chi connectivity index (χ2v) is 2.13. The van der Waals surface area contributed by atoms with Crippen LogP contribution in [0.3, 0.4) is 0 Å². The maximum atomic E-state index is 10.2. The van der Waals surface area contributed by atoms with Crippen LogP contribution in [0.1, 0.15) is 0 Å². The summed E-state index contributed by atoms with van der Waals surface area (Å²) in [5.74, 6) is 6.99. The van der Waals surface area contributed by atoms with Crippen LogP contribution < -0.4 is 0 Å². The number of hydrogen-bond acceptors (Lipinski definition) is 5. The van der Waals surface area contributed by atoms with Gasteiger partial charge >= 0.3 is 0 Å². The van der Waals surface area contributed by atoms with Gasteiger partial charge in [-0.1, -0.05) is 0 Å². The molecule has 0 saturated carbocycles. The predicted octanol–water partition coefficient (Wildman–Crippen LogP) is -0.0694. The van der Waals surface area contributed by atoms with E-state index in [1.54, 1.807) is 7.05 Å². The third-order valence-corrected chi connectivity index (χ3v) is 1.08. The predicted molar refractivity (Wildman–Crippen MR) is 33.0 cm³/mol. The summed E-state index contributed by atoms with van der Waals surface area (Å²) in [5, 5.41) is 11.5. The maximum absolute atomic E-state index is 10.2. The second-order valence-electron chi connectivity index (χ2n) is 2.13. The molecule has 1 N–H and O–H groups in total. The lowest BCUT2D eigenvalue weighted by atomic mass is 10.4. The normalized spacial score (nSPS) is 28.2. The summed E-state index contributed by atoms with van der Waals surface area (Å²) in [5.41, 5.74) is 0. The topological polar surface area (TPSA) is 71.8 Å². The summed E-state index contributed by atoms with van der Waals surface area (Å²) in [6.07, 6.45) is -0.306. The van der Waals surface area contributed by atoms with Crippen LogP contribution in [0.15, 0.2) is 0 Å². The van der Waals surface area contributed by atoms with E-state index in [0.717, 1.165) is 0 Å². The number of nitrogens with zero attached hydrogens (tertiary/aromatic N) is 2. The molecule has 10 heavy (non-hydrogen) atoms. The van der Waals surface area contributed by atoms with Crippen LogP contribution in [-0.4, -0.2) is 36.7 Å². The van der Waals surface area contributed by atoms with E-state index in [9.17, 15) is 5.21 Å². The average molecular weight is 147 g/mol. The lowest BCUT2D eigenvalue weighted by molar-refractivity contribution is -0.270. The van der Waals surface area contributed by atoms with Gasteiger partial charge in [-0.2, -0.15) is 0 Å². The van der Waals surface area contributed by atoms with Gasteiger partial charge in [0.1, 0.15) is 6.10 Å². The van der Waals surface area contributed by atoms with Crippen molar-refractivity contribution in [1.82, 2.24) is 10.4 Å². The van der Waals surface area contributed by atoms with E-state index in [1.807, 2.05) is 0 Å². The van der Waals surface area contributed by atoms with E-state index >= 15 is 0 Å². The van der Waals surface area contributed by atoms with Crippen LogP contribution in [-0.2, 0) is 9.68 Å². The van der Waals surface area contributed by atoms with Crippen LogP contribution in [0.4, 0.5) is 0 Å². The average Bonchev–Trinajstić information content (AvgIpc) is 2.13. The molecule has 1 saturated heterocycles. The third-order valence-electron chi connectivity index (χ3n) is 1.08. The molecule has 1 aliphatic rings. The standard InChI is InChI=1S/C4H9N3O3/c1-6(5)2-4-3-9-7(8)10-4/h4-5H,2-3H2,1H3/q-2. The van der Waals surface area contributed by atoms with Crippen LogP contribution >= 0.6 is 0 Å². The molecule has 6 heteroatoms. The fraction of sp³-hybridized carbons (Fsp3) is 1.00. The molecule has 0 spiro atoms. The van der Waals surface area contributed by atoms with Crippen molar-refractivity contribution in [2.45, 2.75) is 6.10 Å². The zero-order chi connectivity index (χ0) is 7.56. The summed E-state index contributed by atoms with van der Waals surface area (Å²) in [6, 6.07) is 0.